The Morgan fingerprint density at radius 1 is 0.633 bits per heavy atom. The van der Waals surface area contributed by atoms with E-state index < -0.39 is 28.2 Å². The summed E-state index contributed by atoms with van der Waals surface area (Å²) in [5.74, 6) is -1.84. The van der Waals surface area contributed by atoms with Gasteiger partial charge in [0.1, 0.15) is 0 Å². The van der Waals surface area contributed by atoms with Gasteiger partial charge in [0.15, 0.2) is 0 Å². The molecule has 0 fully saturated rings. The highest BCUT2D eigenvalue weighted by molar-refractivity contribution is 5.87. The van der Waals surface area contributed by atoms with E-state index in [1.54, 1.807) is 0 Å². The van der Waals surface area contributed by atoms with Crippen molar-refractivity contribution in [3.8, 4) is 0 Å². The van der Waals surface area contributed by atoms with Crippen molar-refractivity contribution >= 4 is 11.9 Å². The van der Waals surface area contributed by atoms with E-state index >= 15 is 0 Å². The molecule has 0 aromatic rings. The molecule has 0 aliphatic rings. The average molecular weight is 427 g/mol. The second-order valence-electron chi connectivity index (χ2n) is 12.0. The maximum absolute atomic E-state index is 13.4. The lowest BCUT2D eigenvalue weighted by Gasteiger charge is -2.59. The van der Waals surface area contributed by atoms with Crippen LogP contribution < -0.4 is 0 Å². The van der Waals surface area contributed by atoms with E-state index in [4.69, 9.17) is 0 Å². The molecule has 0 radical (unpaired) electrons. The minimum atomic E-state index is -1.32. The van der Waals surface area contributed by atoms with E-state index in [0.29, 0.717) is 57.8 Å². The number of hydrogen-bond acceptors (Lipinski definition) is 2. The molecule has 1 atom stereocenters. The van der Waals surface area contributed by atoms with Gasteiger partial charge in [-0.1, -0.05) is 88.5 Å². The number of carboxylic acids is 2. The number of rotatable bonds is 13. The maximum Gasteiger partial charge on any atom is 0.311 e. The summed E-state index contributed by atoms with van der Waals surface area (Å²) in [7, 11) is 0. The van der Waals surface area contributed by atoms with Crippen LogP contribution in [-0.2, 0) is 9.59 Å². The summed E-state index contributed by atoms with van der Waals surface area (Å²) >= 11 is 0. The second-order valence-corrected chi connectivity index (χ2v) is 12.0. The van der Waals surface area contributed by atoms with Crippen LogP contribution in [0.15, 0.2) is 0 Å². The zero-order valence-corrected chi connectivity index (χ0v) is 21.6. The van der Waals surface area contributed by atoms with Crippen molar-refractivity contribution in [2.45, 2.75) is 127 Å². The fourth-order valence-electron chi connectivity index (χ4n) is 6.67. The molecule has 0 saturated heterocycles. The molecule has 0 saturated carbocycles. The molecule has 4 nitrogen and oxygen atoms in total. The van der Waals surface area contributed by atoms with E-state index in [0.717, 1.165) is 0 Å². The van der Waals surface area contributed by atoms with Crippen LogP contribution in [0.5, 0.6) is 0 Å². The zero-order valence-electron chi connectivity index (χ0n) is 21.6. The predicted molar refractivity (Wildman–Crippen MR) is 126 cm³/mol. The molecule has 0 aromatic heterocycles. The topological polar surface area (TPSA) is 74.6 Å². The lowest BCUT2D eigenvalue weighted by molar-refractivity contribution is -0.204. The minimum absolute atomic E-state index is 0.113. The van der Waals surface area contributed by atoms with Gasteiger partial charge < -0.3 is 10.2 Å². The third-order valence-electron chi connectivity index (χ3n) is 6.89. The predicted octanol–water partition coefficient (Wildman–Crippen LogP) is 7.80. The number of carbonyl (C=O) groups is 2. The molecule has 0 aromatic carbocycles. The molecule has 0 spiro atoms. The monoisotopic (exact) mass is 426 g/mol. The van der Waals surface area contributed by atoms with Gasteiger partial charge in [0.25, 0.3) is 0 Å². The molecule has 0 bridgehead atoms. The first-order valence-corrected chi connectivity index (χ1v) is 12.0. The van der Waals surface area contributed by atoms with Crippen molar-refractivity contribution in [3.05, 3.63) is 0 Å². The molecule has 0 aliphatic carbocycles. The first kappa shape index (κ1) is 28.9. The van der Waals surface area contributed by atoms with E-state index in [1.165, 1.54) is 0 Å². The van der Waals surface area contributed by atoms with Gasteiger partial charge in [-0.05, 0) is 54.8 Å². The first-order chi connectivity index (χ1) is 13.5. The Bertz CT molecular complexity index is 543. The lowest BCUT2D eigenvalue weighted by atomic mass is 9.41. The molecular formula is C26H50O4. The Kier molecular flexibility index (Phi) is 10.1. The first-order valence-electron chi connectivity index (χ1n) is 12.0. The third kappa shape index (κ3) is 5.79. The van der Waals surface area contributed by atoms with Crippen LogP contribution in [-0.4, -0.2) is 22.2 Å². The standard InChI is InChI=1S/C26H50O4/c1-11-15-25(16-12-2,20(27)28)26(17-13-3,21(29)30)24(14-4,18-22(5,6)7)19-23(8,9)10/h11-19H2,1-10H3,(H,27,28)(H,29,30). The van der Waals surface area contributed by atoms with Crippen LogP contribution in [0.3, 0.4) is 0 Å². The van der Waals surface area contributed by atoms with Gasteiger partial charge in [-0.2, -0.15) is 0 Å². The van der Waals surface area contributed by atoms with Crippen LogP contribution >= 0.6 is 0 Å². The lowest BCUT2D eigenvalue weighted by Crippen LogP contribution is -2.63. The Morgan fingerprint density at radius 3 is 1.20 bits per heavy atom. The normalized spacial score (nSPS) is 15.7. The van der Waals surface area contributed by atoms with E-state index in [2.05, 4.69) is 48.5 Å². The molecule has 0 amide bonds. The summed E-state index contributed by atoms with van der Waals surface area (Å²) in [4.78, 5) is 26.5. The minimum Gasteiger partial charge on any atom is -0.481 e. The van der Waals surface area contributed by atoms with Gasteiger partial charge >= 0.3 is 11.9 Å². The molecular weight excluding hydrogens is 376 g/mol. The van der Waals surface area contributed by atoms with Crippen molar-refractivity contribution in [2.24, 2.45) is 27.1 Å². The molecule has 1 unspecified atom stereocenters. The molecule has 30 heavy (non-hydrogen) atoms. The molecule has 0 rings (SSSR count). The van der Waals surface area contributed by atoms with Crippen molar-refractivity contribution in [1.82, 2.24) is 0 Å². The Balaban J connectivity index is 7.58. The smallest absolute Gasteiger partial charge is 0.311 e. The fourth-order valence-corrected chi connectivity index (χ4v) is 6.67. The van der Waals surface area contributed by atoms with E-state index in [1.807, 2.05) is 20.8 Å². The van der Waals surface area contributed by atoms with Crippen molar-refractivity contribution in [2.75, 3.05) is 0 Å². The fraction of sp³-hybridized carbons (Fsp3) is 0.923. The second kappa shape index (κ2) is 10.5. The van der Waals surface area contributed by atoms with Gasteiger partial charge in [0, 0.05) is 0 Å². The molecule has 0 aliphatic heterocycles. The quantitative estimate of drug-likeness (QED) is 0.315. The van der Waals surface area contributed by atoms with Gasteiger partial charge in [-0.25, -0.2) is 0 Å². The van der Waals surface area contributed by atoms with Crippen molar-refractivity contribution in [3.63, 3.8) is 0 Å². The number of carboxylic acid groups (broad SMARTS) is 2. The highest BCUT2D eigenvalue weighted by atomic mass is 16.4. The van der Waals surface area contributed by atoms with Crippen LogP contribution in [0.2, 0.25) is 0 Å². The molecule has 2 N–H and O–H groups in total. The summed E-state index contributed by atoms with van der Waals surface area (Å²) in [6.45, 7) is 21.0. The summed E-state index contributed by atoms with van der Waals surface area (Å²) in [6.07, 6.45) is 5.24. The van der Waals surface area contributed by atoms with Gasteiger partial charge in [-0.15, -0.1) is 0 Å². The van der Waals surface area contributed by atoms with Crippen molar-refractivity contribution in [1.29, 1.82) is 0 Å². The Morgan fingerprint density at radius 2 is 1.00 bits per heavy atom. The summed E-state index contributed by atoms with van der Waals surface area (Å²) in [6, 6.07) is 0. The highest BCUT2D eigenvalue weighted by Crippen LogP contribution is 2.66. The largest absolute Gasteiger partial charge is 0.481 e. The summed E-state index contributed by atoms with van der Waals surface area (Å²) in [5, 5.41) is 21.7. The van der Waals surface area contributed by atoms with E-state index in [-0.39, 0.29) is 10.8 Å². The molecule has 4 heteroatoms. The average Bonchev–Trinajstić information content (AvgIpc) is 2.55. The number of hydrogen-bond donors (Lipinski definition) is 2. The van der Waals surface area contributed by atoms with Crippen LogP contribution in [0.4, 0.5) is 0 Å². The maximum atomic E-state index is 13.4. The van der Waals surface area contributed by atoms with Gasteiger partial charge in [0.05, 0.1) is 10.8 Å². The zero-order chi connectivity index (χ0) is 24.0. The highest BCUT2D eigenvalue weighted by Gasteiger charge is 2.69. The Labute approximate surface area is 186 Å². The van der Waals surface area contributed by atoms with Crippen LogP contribution in [0, 0.1) is 27.1 Å². The SMILES string of the molecule is CCCC(CCC)(C(=O)O)C(CCC)(C(=O)O)C(CC)(CC(C)(C)C)CC(C)(C)C. The van der Waals surface area contributed by atoms with Crippen LogP contribution in [0.25, 0.3) is 0 Å². The molecule has 0 heterocycles. The molecule has 178 valence electrons. The van der Waals surface area contributed by atoms with Gasteiger partial charge in [0.2, 0.25) is 0 Å². The van der Waals surface area contributed by atoms with Crippen LogP contribution in [0.1, 0.15) is 127 Å². The van der Waals surface area contributed by atoms with Crippen molar-refractivity contribution < 1.29 is 19.8 Å². The third-order valence-corrected chi connectivity index (χ3v) is 6.89. The number of aliphatic carboxylic acids is 2. The summed E-state index contributed by atoms with van der Waals surface area (Å²) in [5.41, 5.74) is -3.43. The van der Waals surface area contributed by atoms with Gasteiger partial charge in [-0.3, -0.25) is 9.59 Å². The van der Waals surface area contributed by atoms with E-state index in [9.17, 15) is 19.8 Å². The summed E-state index contributed by atoms with van der Waals surface area (Å²) < 4.78 is 0. The Hall–Kier alpha value is -1.06.